The first kappa shape index (κ1) is 21.8. The maximum absolute atomic E-state index is 12.7. The van der Waals surface area contributed by atoms with Crippen molar-refractivity contribution >= 4 is 21.6 Å². The number of fused-ring (bicyclic) bond motifs is 1. The Bertz CT molecular complexity index is 977. The number of benzene rings is 2. The number of anilines is 1. The summed E-state index contributed by atoms with van der Waals surface area (Å²) in [5.74, 6) is 1.47. The van der Waals surface area contributed by atoms with Crippen LogP contribution >= 0.6 is 0 Å². The molecule has 1 N–H and O–H groups in total. The second-order valence-corrected chi connectivity index (χ2v) is 8.76. The number of amides is 1. The molecule has 1 amide bonds. The van der Waals surface area contributed by atoms with Gasteiger partial charge in [-0.3, -0.25) is 9.10 Å². The van der Waals surface area contributed by atoms with E-state index in [1.165, 1.54) is 0 Å². The molecule has 3 rings (SSSR count). The molecule has 2 aromatic carbocycles. The highest BCUT2D eigenvalue weighted by Crippen LogP contribution is 2.30. The van der Waals surface area contributed by atoms with Gasteiger partial charge in [-0.1, -0.05) is 12.1 Å². The molecule has 1 aliphatic heterocycles. The van der Waals surface area contributed by atoms with E-state index in [1.807, 2.05) is 25.1 Å². The van der Waals surface area contributed by atoms with Gasteiger partial charge in [0, 0.05) is 0 Å². The number of ether oxygens (including phenoxy) is 3. The summed E-state index contributed by atoms with van der Waals surface area (Å²) in [5.41, 5.74) is 0.384. The van der Waals surface area contributed by atoms with Crippen molar-refractivity contribution < 1.29 is 27.4 Å². The molecule has 2 unspecified atom stereocenters. The molecule has 0 aromatic heterocycles. The summed E-state index contributed by atoms with van der Waals surface area (Å²) in [6.45, 7) is 4.40. The Morgan fingerprint density at radius 2 is 1.87 bits per heavy atom. The van der Waals surface area contributed by atoms with Crippen LogP contribution in [0.4, 0.5) is 5.69 Å². The summed E-state index contributed by atoms with van der Waals surface area (Å²) in [5, 5.41) is 2.76. The fourth-order valence-corrected chi connectivity index (χ4v) is 4.37. The van der Waals surface area contributed by atoms with Crippen LogP contribution in [0.2, 0.25) is 0 Å². The summed E-state index contributed by atoms with van der Waals surface area (Å²) in [6, 6.07) is 12.9. The largest absolute Gasteiger partial charge is 0.494 e. The second-order valence-electron chi connectivity index (χ2n) is 6.90. The molecular weight excluding hydrogens is 408 g/mol. The SMILES string of the molecule is CCOc1ccc(N(C(C)C(=O)NCC2COc3ccccc3O2)S(C)(=O)=O)cc1. The number of rotatable bonds is 8. The molecule has 2 atom stereocenters. The molecule has 0 bridgehead atoms. The van der Waals surface area contributed by atoms with E-state index < -0.39 is 22.0 Å². The Labute approximate surface area is 176 Å². The molecule has 8 nitrogen and oxygen atoms in total. The zero-order chi connectivity index (χ0) is 21.7. The van der Waals surface area contributed by atoms with Gasteiger partial charge in [0.15, 0.2) is 11.5 Å². The molecule has 30 heavy (non-hydrogen) atoms. The number of nitrogens with one attached hydrogen (secondary N) is 1. The molecule has 1 aliphatic rings. The zero-order valence-electron chi connectivity index (χ0n) is 17.2. The molecule has 0 spiro atoms. The summed E-state index contributed by atoms with van der Waals surface area (Å²) in [4.78, 5) is 12.7. The second kappa shape index (κ2) is 9.25. The molecular formula is C21H26N2O6S. The third-order valence-electron chi connectivity index (χ3n) is 4.56. The first-order valence-corrected chi connectivity index (χ1v) is 11.5. The van der Waals surface area contributed by atoms with Gasteiger partial charge in [-0.2, -0.15) is 0 Å². The minimum absolute atomic E-state index is 0.193. The summed E-state index contributed by atoms with van der Waals surface area (Å²) >= 11 is 0. The van der Waals surface area contributed by atoms with Gasteiger partial charge in [-0.15, -0.1) is 0 Å². The van der Waals surface area contributed by atoms with Gasteiger partial charge < -0.3 is 19.5 Å². The average molecular weight is 435 g/mol. The minimum atomic E-state index is -3.69. The van der Waals surface area contributed by atoms with Gasteiger partial charge in [0.1, 0.15) is 24.5 Å². The van der Waals surface area contributed by atoms with Crippen molar-refractivity contribution in [3.63, 3.8) is 0 Å². The third kappa shape index (κ3) is 5.15. The van der Waals surface area contributed by atoms with Crippen LogP contribution in [0.25, 0.3) is 0 Å². The van der Waals surface area contributed by atoms with Gasteiger partial charge in [0.2, 0.25) is 15.9 Å². The van der Waals surface area contributed by atoms with Crippen LogP contribution in [0.3, 0.4) is 0 Å². The fourth-order valence-electron chi connectivity index (χ4n) is 3.19. The van der Waals surface area contributed by atoms with Crippen molar-refractivity contribution in [1.29, 1.82) is 0 Å². The highest BCUT2D eigenvalue weighted by Gasteiger charge is 2.30. The number of sulfonamides is 1. The Morgan fingerprint density at radius 1 is 1.20 bits per heavy atom. The molecule has 0 fully saturated rings. The topological polar surface area (TPSA) is 94.2 Å². The van der Waals surface area contributed by atoms with E-state index in [0.717, 1.165) is 10.6 Å². The molecule has 0 saturated heterocycles. The first-order valence-electron chi connectivity index (χ1n) is 9.68. The molecule has 0 saturated carbocycles. The lowest BCUT2D eigenvalue weighted by Crippen LogP contribution is -2.50. The standard InChI is InChI=1S/C21H26N2O6S/c1-4-27-17-11-9-16(10-12-17)23(30(3,25)26)15(2)21(24)22-13-18-14-28-19-7-5-6-8-20(19)29-18/h5-12,15,18H,4,13-14H2,1-3H3,(H,22,24). The predicted molar refractivity (Wildman–Crippen MR) is 114 cm³/mol. The van der Waals surface area contributed by atoms with E-state index in [-0.39, 0.29) is 12.6 Å². The number of carbonyl (C=O) groups excluding carboxylic acids is 1. The predicted octanol–water partition coefficient (Wildman–Crippen LogP) is 2.20. The number of hydrogen-bond acceptors (Lipinski definition) is 6. The lowest BCUT2D eigenvalue weighted by Gasteiger charge is -2.30. The van der Waals surface area contributed by atoms with Crippen LogP contribution in [-0.4, -0.2) is 52.5 Å². The fraction of sp³-hybridized carbons (Fsp3) is 0.381. The van der Waals surface area contributed by atoms with Crippen molar-refractivity contribution in [2.24, 2.45) is 0 Å². The van der Waals surface area contributed by atoms with Gasteiger partial charge in [-0.05, 0) is 50.2 Å². The van der Waals surface area contributed by atoms with E-state index in [1.54, 1.807) is 37.3 Å². The number of hydrogen-bond donors (Lipinski definition) is 1. The van der Waals surface area contributed by atoms with E-state index >= 15 is 0 Å². The summed E-state index contributed by atoms with van der Waals surface area (Å²) < 4.78 is 42.7. The Hall–Kier alpha value is -2.94. The van der Waals surface area contributed by atoms with Crippen LogP contribution in [0.1, 0.15) is 13.8 Å². The van der Waals surface area contributed by atoms with Crippen LogP contribution in [-0.2, 0) is 14.8 Å². The minimum Gasteiger partial charge on any atom is -0.494 e. The van der Waals surface area contributed by atoms with E-state index in [4.69, 9.17) is 14.2 Å². The number of carbonyl (C=O) groups is 1. The van der Waals surface area contributed by atoms with E-state index in [2.05, 4.69) is 5.32 Å². The number of para-hydroxylation sites is 2. The van der Waals surface area contributed by atoms with Crippen molar-refractivity contribution in [1.82, 2.24) is 5.32 Å². The van der Waals surface area contributed by atoms with E-state index in [9.17, 15) is 13.2 Å². The summed E-state index contributed by atoms with van der Waals surface area (Å²) in [7, 11) is -3.69. The highest BCUT2D eigenvalue weighted by molar-refractivity contribution is 7.92. The Balaban J connectivity index is 1.66. The smallest absolute Gasteiger partial charge is 0.243 e. The molecule has 0 radical (unpaired) electrons. The molecule has 162 valence electrons. The lowest BCUT2D eigenvalue weighted by atomic mass is 10.2. The molecule has 1 heterocycles. The monoisotopic (exact) mass is 434 g/mol. The Kier molecular flexibility index (Phi) is 6.71. The normalized spacial score (nSPS) is 16.4. The van der Waals surface area contributed by atoms with Crippen molar-refractivity contribution in [2.45, 2.75) is 26.0 Å². The van der Waals surface area contributed by atoms with Crippen molar-refractivity contribution in [2.75, 3.05) is 30.3 Å². The average Bonchev–Trinajstić information content (AvgIpc) is 2.72. The van der Waals surface area contributed by atoms with Gasteiger partial charge in [0.05, 0.1) is 25.1 Å². The van der Waals surface area contributed by atoms with Crippen LogP contribution < -0.4 is 23.8 Å². The van der Waals surface area contributed by atoms with Crippen LogP contribution in [0, 0.1) is 0 Å². The van der Waals surface area contributed by atoms with Crippen LogP contribution in [0.5, 0.6) is 17.2 Å². The van der Waals surface area contributed by atoms with Crippen molar-refractivity contribution in [3.8, 4) is 17.2 Å². The first-order chi connectivity index (χ1) is 14.3. The van der Waals surface area contributed by atoms with Crippen LogP contribution in [0.15, 0.2) is 48.5 Å². The summed E-state index contributed by atoms with van der Waals surface area (Å²) in [6.07, 6.45) is 0.704. The molecule has 9 heteroatoms. The van der Waals surface area contributed by atoms with E-state index in [0.29, 0.717) is 36.1 Å². The number of nitrogens with zero attached hydrogens (tertiary/aromatic N) is 1. The highest BCUT2D eigenvalue weighted by atomic mass is 32.2. The maximum Gasteiger partial charge on any atom is 0.243 e. The van der Waals surface area contributed by atoms with Gasteiger partial charge >= 0.3 is 0 Å². The molecule has 2 aromatic rings. The van der Waals surface area contributed by atoms with Gasteiger partial charge in [0.25, 0.3) is 0 Å². The molecule has 0 aliphatic carbocycles. The van der Waals surface area contributed by atoms with Gasteiger partial charge in [-0.25, -0.2) is 8.42 Å². The quantitative estimate of drug-likeness (QED) is 0.685. The lowest BCUT2D eigenvalue weighted by molar-refractivity contribution is -0.122. The zero-order valence-corrected chi connectivity index (χ0v) is 18.0. The Morgan fingerprint density at radius 3 is 2.50 bits per heavy atom. The third-order valence-corrected chi connectivity index (χ3v) is 5.80. The van der Waals surface area contributed by atoms with Crippen molar-refractivity contribution in [3.05, 3.63) is 48.5 Å². The maximum atomic E-state index is 12.7.